The van der Waals surface area contributed by atoms with E-state index in [0.717, 1.165) is 32.6 Å². The Morgan fingerprint density at radius 1 is 1.44 bits per heavy atom. The van der Waals surface area contributed by atoms with Crippen LogP contribution in [-0.2, 0) is 0 Å². The molecule has 1 fully saturated rings. The molecule has 2 heterocycles. The number of pyridine rings is 1. The zero-order chi connectivity index (χ0) is 13.0. The molecule has 1 saturated heterocycles. The number of nitrogens with zero attached hydrogens (tertiary/aromatic N) is 2. The number of rotatable bonds is 4. The number of aromatic nitrogens is 1. The fraction of sp³-hybridized carbons (Fsp3) is 0.643. The smallest absolute Gasteiger partial charge is 0.133 e. The van der Waals surface area contributed by atoms with Gasteiger partial charge in [-0.2, -0.15) is 0 Å². The second kappa shape index (κ2) is 6.50. The molecular formula is C14H22ClN3. The summed E-state index contributed by atoms with van der Waals surface area (Å²) < 4.78 is 0. The first kappa shape index (κ1) is 13.8. The predicted molar refractivity (Wildman–Crippen MR) is 75.9 cm³/mol. The first-order valence-corrected chi connectivity index (χ1v) is 7.17. The highest BCUT2D eigenvalue weighted by molar-refractivity contribution is 6.30. The highest BCUT2D eigenvalue weighted by atomic mass is 35.5. The summed E-state index contributed by atoms with van der Waals surface area (Å²) in [7, 11) is 0. The Morgan fingerprint density at radius 2 is 2.17 bits per heavy atom. The van der Waals surface area contributed by atoms with Crippen LogP contribution in [0.1, 0.15) is 31.9 Å². The van der Waals surface area contributed by atoms with Crippen molar-refractivity contribution in [1.29, 1.82) is 0 Å². The van der Waals surface area contributed by atoms with Crippen LogP contribution in [0.2, 0.25) is 5.15 Å². The van der Waals surface area contributed by atoms with Crippen LogP contribution in [0, 0.1) is 5.92 Å². The number of hydrogen-bond acceptors (Lipinski definition) is 3. The minimum atomic E-state index is 0.387. The lowest BCUT2D eigenvalue weighted by Crippen LogP contribution is -2.46. The van der Waals surface area contributed by atoms with Gasteiger partial charge in [-0.05, 0) is 12.0 Å². The van der Waals surface area contributed by atoms with Crippen molar-refractivity contribution in [2.24, 2.45) is 5.92 Å². The Balaban J connectivity index is 2.27. The molecule has 1 aliphatic rings. The zero-order valence-corrected chi connectivity index (χ0v) is 12.0. The fourth-order valence-corrected chi connectivity index (χ4v) is 2.90. The van der Waals surface area contributed by atoms with E-state index in [0.29, 0.717) is 17.1 Å². The van der Waals surface area contributed by atoms with Gasteiger partial charge in [0, 0.05) is 44.0 Å². The third-order valence-electron chi connectivity index (χ3n) is 3.83. The normalized spacial score (nSPS) is 20.6. The van der Waals surface area contributed by atoms with Crippen molar-refractivity contribution in [3.8, 4) is 0 Å². The van der Waals surface area contributed by atoms with Gasteiger partial charge in [-0.25, -0.2) is 4.98 Å². The Kier molecular flexibility index (Phi) is 4.98. The van der Waals surface area contributed by atoms with Crippen molar-refractivity contribution in [3.05, 3.63) is 29.0 Å². The number of nitrogens with one attached hydrogen (secondary N) is 1. The number of halogens is 1. The summed E-state index contributed by atoms with van der Waals surface area (Å²) in [6.45, 7) is 8.83. The van der Waals surface area contributed by atoms with Crippen LogP contribution in [0.5, 0.6) is 0 Å². The van der Waals surface area contributed by atoms with Crippen LogP contribution in [0.4, 0.5) is 0 Å². The lowest BCUT2D eigenvalue weighted by atomic mass is 9.91. The van der Waals surface area contributed by atoms with E-state index < -0.39 is 0 Å². The van der Waals surface area contributed by atoms with Crippen LogP contribution >= 0.6 is 11.6 Å². The standard InChI is InChI=1S/C14H22ClN3/c1-3-11(2)13(18-9-7-16-8-10-18)12-5-4-6-17-14(12)15/h4-6,11,13,16H,3,7-10H2,1-2H3/t11?,13-/m0/s1. The van der Waals surface area contributed by atoms with Gasteiger partial charge in [0.25, 0.3) is 0 Å². The van der Waals surface area contributed by atoms with E-state index in [-0.39, 0.29) is 0 Å². The average molecular weight is 268 g/mol. The van der Waals surface area contributed by atoms with Gasteiger partial charge in [0.05, 0.1) is 0 Å². The molecular weight excluding hydrogens is 246 g/mol. The van der Waals surface area contributed by atoms with Gasteiger partial charge in [0.1, 0.15) is 5.15 Å². The van der Waals surface area contributed by atoms with Crippen LogP contribution in [0.15, 0.2) is 18.3 Å². The van der Waals surface area contributed by atoms with Crippen molar-refractivity contribution in [3.63, 3.8) is 0 Å². The fourth-order valence-electron chi connectivity index (χ4n) is 2.67. The maximum absolute atomic E-state index is 6.29. The molecule has 2 rings (SSSR count). The molecule has 1 unspecified atom stereocenters. The van der Waals surface area contributed by atoms with E-state index >= 15 is 0 Å². The van der Waals surface area contributed by atoms with Crippen molar-refractivity contribution < 1.29 is 0 Å². The Labute approximate surface area is 115 Å². The predicted octanol–water partition coefficient (Wildman–Crippen LogP) is 2.73. The largest absolute Gasteiger partial charge is 0.314 e. The van der Waals surface area contributed by atoms with Crippen LogP contribution in [-0.4, -0.2) is 36.1 Å². The quantitative estimate of drug-likeness (QED) is 0.851. The molecule has 0 spiro atoms. The van der Waals surface area contributed by atoms with E-state index in [1.165, 1.54) is 5.56 Å². The maximum Gasteiger partial charge on any atom is 0.133 e. The molecule has 0 radical (unpaired) electrons. The summed E-state index contributed by atoms with van der Waals surface area (Å²) >= 11 is 6.29. The molecule has 1 aromatic rings. The molecule has 1 N–H and O–H groups in total. The minimum absolute atomic E-state index is 0.387. The highest BCUT2D eigenvalue weighted by Gasteiger charge is 2.28. The third kappa shape index (κ3) is 3.02. The van der Waals surface area contributed by atoms with Crippen molar-refractivity contribution in [2.45, 2.75) is 26.3 Å². The molecule has 2 atom stereocenters. The summed E-state index contributed by atoms with van der Waals surface area (Å²) in [6, 6.07) is 4.49. The molecule has 0 aromatic carbocycles. The second-order valence-electron chi connectivity index (χ2n) is 5.00. The van der Waals surface area contributed by atoms with E-state index in [2.05, 4.69) is 35.1 Å². The summed E-state index contributed by atoms with van der Waals surface area (Å²) in [6.07, 6.45) is 2.91. The topological polar surface area (TPSA) is 28.2 Å². The second-order valence-corrected chi connectivity index (χ2v) is 5.36. The molecule has 0 aliphatic carbocycles. The molecule has 18 heavy (non-hydrogen) atoms. The maximum atomic E-state index is 6.29. The van der Waals surface area contributed by atoms with Crippen LogP contribution in [0.25, 0.3) is 0 Å². The molecule has 3 nitrogen and oxygen atoms in total. The third-order valence-corrected chi connectivity index (χ3v) is 4.15. The first-order valence-electron chi connectivity index (χ1n) is 6.79. The molecule has 0 saturated carbocycles. The molecule has 100 valence electrons. The summed E-state index contributed by atoms with van der Waals surface area (Å²) in [5.41, 5.74) is 1.18. The van der Waals surface area contributed by atoms with Gasteiger partial charge >= 0.3 is 0 Å². The number of hydrogen-bond donors (Lipinski definition) is 1. The van der Waals surface area contributed by atoms with Crippen molar-refractivity contribution in [1.82, 2.24) is 15.2 Å². The Morgan fingerprint density at radius 3 is 2.78 bits per heavy atom. The minimum Gasteiger partial charge on any atom is -0.314 e. The van der Waals surface area contributed by atoms with E-state index in [1.807, 2.05) is 6.07 Å². The van der Waals surface area contributed by atoms with Gasteiger partial charge < -0.3 is 5.32 Å². The lowest BCUT2D eigenvalue weighted by Gasteiger charge is -2.38. The van der Waals surface area contributed by atoms with Crippen LogP contribution < -0.4 is 5.32 Å². The molecule has 1 aromatic heterocycles. The Bertz CT molecular complexity index is 377. The SMILES string of the molecule is CCC(C)[C@@H](c1cccnc1Cl)N1CCNCC1. The van der Waals surface area contributed by atoms with Gasteiger partial charge in [0.15, 0.2) is 0 Å². The zero-order valence-electron chi connectivity index (χ0n) is 11.2. The molecule has 0 bridgehead atoms. The summed E-state index contributed by atoms with van der Waals surface area (Å²) in [5, 5.41) is 4.06. The summed E-state index contributed by atoms with van der Waals surface area (Å²) in [4.78, 5) is 6.77. The van der Waals surface area contributed by atoms with E-state index in [1.54, 1.807) is 6.20 Å². The number of piperazine rings is 1. The average Bonchev–Trinajstić information content (AvgIpc) is 2.42. The van der Waals surface area contributed by atoms with Gasteiger partial charge in [-0.1, -0.05) is 37.9 Å². The monoisotopic (exact) mass is 267 g/mol. The van der Waals surface area contributed by atoms with E-state index in [4.69, 9.17) is 11.6 Å². The lowest BCUT2D eigenvalue weighted by molar-refractivity contribution is 0.128. The van der Waals surface area contributed by atoms with E-state index in [9.17, 15) is 0 Å². The van der Waals surface area contributed by atoms with Gasteiger partial charge in [-0.15, -0.1) is 0 Å². The molecule has 4 heteroatoms. The van der Waals surface area contributed by atoms with Gasteiger partial charge in [-0.3, -0.25) is 4.90 Å². The van der Waals surface area contributed by atoms with Crippen molar-refractivity contribution in [2.75, 3.05) is 26.2 Å². The van der Waals surface area contributed by atoms with Crippen LogP contribution in [0.3, 0.4) is 0 Å². The van der Waals surface area contributed by atoms with Crippen molar-refractivity contribution >= 4 is 11.6 Å². The highest BCUT2D eigenvalue weighted by Crippen LogP contribution is 2.33. The van der Waals surface area contributed by atoms with Gasteiger partial charge in [0.2, 0.25) is 0 Å². The first-order chi connectivity index (χ1) is 8.74. The molecule has 0 amide bonds. The summed E-state index contributed by atoms with van der Waals surface area (Å²) in [5.74, 6) is 0.588. The molecule has 1 aliphatic heterocycles. The Hall–Kier alpha value is -0.640.